The number of carbonyl (C=O) groups excluding carboxylic acids is 1. The van der Waals surface area contributed by atoms with Crippen LogP contribution < -0.4 is 5.32 Å². The zero-order chi connectivity index (χ0) is 11.6. The monoisotopic (exact) mass is 224 g/mol. The maximum absolute atomic E-state index is 12.3. The van der Waals surface area contributed by atoms with E-state index < -0.39 is 0 Å². The summed E-state index contributed by atoms with van der Waals surface area (Å²) in [5.41, 5.74) is 0.0653. The smallest absolute Gasteiger partial charge is 0.228 e. The molecule has 92 valence electrons. The second-order valence-electron chi connectivity index (χ2n) is 5.43. The normalized spacial score (nSPS) is 24.5. The molecule has 2 fully saturated rings. The molecule has 2 aliphatic rings. The molecule has 3 nitrogen and oxygen atoms in total. The van der Waals surface area contributed by atoms with Gasteiger partial charge in [-0.1, -0.05) is 6.92 Å². The van der Waals surface area contributed by atoms with E-state index in [2.05, 4.69) is 17.1 Å². The lowest BCUT2D eigenvalue weighted by Crippen LogP contribution is -2.43. The van der Waals surface area contributed by atoms with Crippen LogP contribution in [0.2, 0.25) is 0 Å². The Hall–Kier alpha value is -0.570. The van der Waals surface area contributed by atoms with E-state index in [-0.39, 0.29) is 5.41 Å². The van der Waals surface area contributed by atoms with Gasteiger partial charge in [0.15, 0.2) is 0 Å². The summed E-state index contributed by atoms with van der Waals surface area (Å²) in [4.78, 5) is 14.4. The Bertz CT molecular complexity index is 253. The second-order valence-corrected chi connectivity index (χ2v) is 5.43. The van der Waals surface area contributed by atoms with E-state index >= 15 is 0 Å². The molecule has 0 unspecified atom stereocenters. The number of hydrogen-bond acceptors (Lipinski definition) is 2. The van der Waals surface area contributed by atoms with Gasteiger partial charge in [0.05, 0.1) is 0 Å². The molecule has 1 aliphatic carbocycles. The van der Waals surface area contributed by atoms with Crippen LogP contribution in [0.1, 0.15) is 39.0 Å². The van der Waals surface area contributed by atoms with Crippen LogP contribution in [0.4, 0.5) is 0 Å². The SMILES string of the molecule is CCC1(C(=O)N2CCC(CNC)CC2)CC1. The van der Waals surface area contributed by atoms with E-state index in [1.807, 2.05) is 7.05 Å². The maximum atomic E-state index is 12.3. The highest BCUT2D eigenvalue weighted by molar-refractivity contribution is 5.85. The fourth-order valence-corrected chi connectivity index (χ4v) is 2.83. The molecule has 1 amide bonds. The molecule has 1 N–H and O–H groups in total. The van der Waals surface area contributed by atoms with Gasteiger partial charge in [-0.05, 0) is 51.6 Å². The molecule has 0 radical (unpaired) electrons. The number of nitrogens with one attached hydrogen (secondary N) is 1. The summed E-state index contributed by atoms with van der Waals surface area (Å²) in [7, 11) is 2.01. The quantitative estimate of drug-likeness (QED) is 0.787. The fourth-order valence-electron chi connectivity index (χ4n) is 2.83. The minimum Gasteiger partial charge on any atom is -0.342 e. The zero-order valence-corrected chi connectivity index (χ0v) is 10.6. The number of amides is 1. The van der Waals surface area contributed by atoms with Crippen molar-refractivity contribution in [3.8, 4) is 0 Å². The lowest BCUT2D eigenvalue weighted by Gasteiger charge is -2.34. The first-order valence-corrected chi connectivity index (χ1v) is 6.66. The summed E-state index contributed by atoms with van der Waals surface area (Å²) < 4.78 is 0. The number of piperidine rings is 1. The standard InChI is InChI=1S/C13H24N2O/c1-3-13(6-7-13)12(16)15-8-4-11(5-9-15)10-14-2/h11,14H,3-10H2,1-2H3. The first-order chi connectivity index (χ1) is 7.72. The molecule has 0 aromatic carbocycles. The molecule has 3 heteroatoms. The predicted octanol–water partition coefficient (Wildman–Crippen LogP) is 1.63. The molecule has 0 spiro atoms. The van der Waals surface area contributed by atoms with Gasteiger partial charge < -0.3 is 10.2 Å². The molecule has 0 aromatic rings. The van der Waals surface area contributed by atoms with Gasteiger partial charge >= 0.3 is 0 Å². The lowest BCUT2D eigenvalue weighted by molar-refractivity contribution is -0.138. The van der Waals surface area contributed by atoms with Gasteiger partial charge in [-0.15, -0.1) is 0 Å². The highest BCUT2D eigenvalue weighted by Gasteiger charge is 2.50. The van der Waals surface area contributed by atoms with Crippen molar-refractivity contribution in [2.45, 2.75) is 39.0 Å². The number of rotatable bonds is 4. The largest absolute Gasteiger partial charge is 0.342 e. The van der Waals surface area contributed by atoms with Gasteiger partial charge in [-0.25, -0.2) is 0 Å². The summed E-state index contributed by atoms with van der Waals surface area (Å²) in [6, 6.07) is 0. The highest BCUT2D eigenvalue weighted by Crippen LogP contribution is 2.50. The van der Waals surface area contributed by atoms with E-state index in [4.69, 9.17) is 0 Å². The van der Waals surface area contributed by atoms with Gasteiger partial charge in [0.25, 0.3) is 0 Å². The van der Waals surface area contributed by atoms with Crippen molar-refractivity contribution < 1.29 is 4.79 Å². The Morgan fingerprint density at radius 3 is 2.44 bits per heavy atom. The topological polar surface area (TPSA) is 32.3 Å². The Balaban J connectivity index is 1.82. The van der Waals surface area contributed by atoms with Crippen LogP contribution in [-0.2, 0) is 4.79 Å². The Kier molecular flexibility index (Phi) is 3.53. The summed E-state index contributed by atoms with van der Waals surface area (Å²) >= 11 is 0. The van der Waals surface area contributed by atoms with Crippen LogP contribution in [0.5, 0.6) is 0 Å². The zero-order valence-electron chi connectivity index (χ0n) is 10.6. The van der Waals surface area contributed by atoms with Gasteiger partial charge in [-0.2, -0.15) is 0 Å². The third-order valence-electron chi connectivity index (χ3n) is 4.38. The van der Waals surface area contributed by atoms with E-state index in [1.54, 1.807) is 0 Å². The number of nitrogens with zero attached hydrogens (tertiary/aromatic N) is 1. The average molecular weight is 224 g/mol. The third kappa shape index (κ3) is 2.24. The second kappa shape index (κ2) is 4.74. The van der Waals surface area contributed by atoms with Crippen LogP contribution in [0.25, 0.3) is 0 Å². The number of likely N-dealkylation sites (tertiary alicyclic amines) is 1. The molecule has 1 saturated carbocycles. The molecule has 2 rings (SSSR count). The van der Waals surface area contributed by atoms with Crippen molar-refractivity contribution in [2.75, 3.05) is 26.7 Å². The van der Waals surface area contributed by atoms with Crippen molar-refractivity contribution >= 4 is 5.91 Å². The fraction of sp³-hybridized carbons (Fsp3) is 0.923. The van der Waals surface area contributed by atoms with E-state index in [1.165, 1.54) is 12.8 Å². The van der Waals surface area contributed by atoms with Gasteiger partial charge in [-0.3, -0.25) is 4.79 Å². The Labute approximate surface area is 98.6 Å². The number of carbonyl (C=O) groups is 1. The third-order valence-corrected chi connectivity index (χ3v) is 4.38. The van der Waals surface area contributed by atoms with Gasteiger partial charge in [0.2, 0.25) is 5.91 Å². The van der Waals surface area contributed by atoms with Crippen molar-refractivity contribution in [3.63, 3.8) is 0 Å². The lowest BCUT2D eigenvalue weighted by atomic mass is 9.94. The van der Waals surface area contributed by atoms with E-state index in [0.29, 0.717) is 5.91 Å². The summed E-state index contributed by atoms with van der Waals surface area (Å²) in [5, 5.41) is 3.23. The van der Waals surface area contributed by atoms with Crippen molar-refractivity contribution in [3.05, 3.63) is 0 Å². The number of hydrogen-bond donors (Lipinski definition) is 1. The van der Waals surface area contributed by atoms with Crippen LogP contribution in [-0.4, -0.2) is 37.5 Å². The highest BCUT2D eigenvalue weighted by atomic mass is 16.2. The molecule has 0 aromatic heterocycles. The first kappa shape index (κ1) is 11.9. The summed E-state index contributed by atoms with van der Waals surface area (Å²) in [6.07, 6.45) is 5.62. The molecule has 1 saturated heterocycles. The predicted molar refractivity (Wildman–Crippen MR) is 65.2 cm³/mol. The van der Waals surface area contributed by atoms with Crippen molar-refractivity contribution in [1.82, 2.24) is 10.2 Å². The summed E-state index contributed by atoms with van der Waals surface area (Å²) in [5.74, 6) is 1.21. The van der Waals surface area contributed by atoms with Crippen molar-refractivity contribution in [1.29, 1.82) is 0 Å². The van der Waals surface area contributed by atoms with Crippen molar-refractivity contribution in [2.24, 2.45) is 11.3 Å². The maximum Gasteiger partial charge on any atom is 0.228 e. The minimum atomic E-state index is 0.0653. The van der Waals surface area contributed by atoms with Crippen LogP contribution in [0, 0.1) is 11.3 Å². The summed E-state index contributed by atoms with van der Waals surface area (Å²) in [6.45, 7) is 5.21. The molecule has 1 aliphatic heterocycles. The van der Waals surface area contributed by atoms with Crippen LogP contribution in [0.3, 0.4) is 0 Å². The first-order valence-electron chi connectivity index (χ1n) is 6.66. The van der Waals surface area contributed by atoms with Gasteiger partial charge in [0, 0.05) is 18.5 Å². The molecular formula is C13H24N2O. The van der Waals surface area contributed by atoms with Gasteiger partial charge in [0.1, 0.15) is 0 Å². The van der Waals surface area contributed by atoms with Crippen LogP contribution in [0.15, 0.2) is 0 Å². The molecule has 0 atom stereocenters. The van der Waals surface area contributed by atoms with E-state index in [9.17, 15) is 4.79 Å². The van der Waals surface area contributed by atoms with Crippen LogP contribution >= 0.6 is 0 Å². The van der Waals surface area contributed by atoms with E-state index in [0.717, 1.165) is 44.8 Å². The Morgan fingerprint density at radius 2 is 2.00 bits per heavy atom. The molecule has 16 heavy (non-hydrogen) atoms. The molecular weight excluding hydrogens is 200 g/mol. The average Bonchev–Trinajstić information content (AvgIpc) is 3.10. The molecule has 1 heterocycles. The minimum absolute atomic E-state index is 0.0653. The Morgan fingerprint density at radius 1 is 1.38 bits per heavy atom. The molecule has 0 bridgehead atoms.